The van der Waals surface area contributed by atoms with Crippen LogP contribution in [0.3, 0.4) is 0 Å². The van der Waals surface area contributed by atoms with E-state index in [4.69, 9.17) is 26.8 Å². The third kappa shape index (κ3) is 5.01. The normalized spacial score (nSPS) is 12.0. The van der Waals surface area contributed by atoms with Crippen LogP contribution in [0.15, 0.2) is 24.4 Å². The number of rotatable bonds is 1. The van der Waals surface area contributed by atoms with Gasteiger partial charge in [0.1, 0.15) is 11.2 Å². The number of nitrogens with two attached hydrogens (primary N) is 1. The quantitative estimate of drug-likeness (QED) is 0.673. The Hall–Kier alpha value is -2.54. The average molecular weight is 394 g/mol. The summed E-state index contributed by atoms with van der Waals surface area (Å²) < 4.78 is 10.8. The predicted octanol–water partition coefficient (Wildman–Crippen LogP) is 5.15. The minimum absolute atomic E-state index is 0.0536. The van der Waals surface area contributed by atoms with Crippen molar-refractivity contribution < 1.29 is 19.1 Å². The van der Waals surface area contributed by atoms with E-state index in [1.54, 1.807) is 59.7 Å². The number of aromatic nitrogens is 1. The first-order valence-corrected chi connectivity index (χ1v) is 8.77. The van der Waals surface area contributed by atoms with Crippen molar-refractivity contribution in [2.75, 3.05) is 10.6 Å². The minimum atomic E-state index is -0.898. The predicted molar refractivity (Wildman–Crippen MR) is 106 cm³/mol. The Kier molecular flexibility index (Phi) is 5.56. The van der Waals surface area contributed by atoms with Gasteiger partial charge < -0.3 is 15.2 Å². The lowest BCUT2D eigenvalue weighted by Gasteiger charge is -2.28. The van der Waals surface area contributed by atoms with Crippen molar-refractivity contribution in [3.8, 4) is 0 Å². The Morgan fingerprint density at radius 2 is 1.48 bits per heavy atom. The van der Waals surface area contributed by atoms with Gasteiger partial charge in [0.15, 0.2) is 5.82 Å². The Labute approximate surface area is 163 Å². The fourth-order valence-corrected chi connectivity index (χ4v) is 2.49. The largest absolute Gasteiger partial charge is 0.443 e. The number of ether oxygens (including phenoxy) is 2. The lowest BCUT2D eigenvalue weighted by Crippen LogP contribution is -2.44. The van der Waals surface area contributed by atoms with E-state index in [2.05, 4.69) is 4.98 Å². The lowest BCUT2D eigenvalue weighted by atomic mass is 10.1. The zero-order chi connectivity index (χ0) is 20.6. The molecule has 0 bridgehead atoms. The van der Waals surface area contributed by atoms with Gasteiger partial charge in [0.2, 0.25) is 0 Å². The van der Waals surface area contributed by atoms with E-state index in [-0.39, 0.29) is 5.82 Å². The van der Waals surface area contributed by atoms with Crippen LogP contribution in [0.1, 0.15) is 41.5 Å². The van der Waals surface area contributed by atoms with E-state index in [0.717, 1.165) is 4.90 Å². The van der Waals surface area contributed by atoms with Crippen LogP contribution in [0.25, 0.3) is 10.8 Å². The molecule has 1 heterocycles. The van der Waals surface area contributed by atoms with Crippen LogP contribution in [0, 0.1) is 0 Å². The maximum Gasteiger partial charge on any atom is 0.425 e. The highest BCUT2D eigenvalue weighted by molar-refractivity contribution is 6.38. The number of benzene rings is 1. The molecule has 8 heteroatoms. The number of hydrogen-bond donors (Lipinski definition) is 1. The second-order valence-corrected chi connectivity index (χ2v) is 8.37. The molecule has 0 fully saturated rings. The first-order valence-electron chi connectivity index (χ1n) is 8.39. The number of carbonyl (C=O) groups excluding carboxylic acids is 2. The number of anilines is 2. The highest BCUT2D eigenvalue weighted by Gasteiger charge is 2.34. The average Bonchev–Trinajstić information content (AvgIpc) is 2.48. The Morgan fingerprint density at radius 1 is 0.963 bits per heavy atom. The van der Waals surface area contributed by atoms with E-state index < -0.39 is 23.4 Å². The van der Waals surface area contributed by atoms with Crippen molar-refractivity contribution in [3.05, 3.63) is 29.4 Å². The highest BCUT2D eigenvalue weighted by Crippen LogP contribution is 2.34. The molecule has 2 aromatic rings. The van der Waals surface area contributed by atoms with Crippen LogP contribution in [-0.2, 0) is 9.47 Å². The molecule has 0 unspecified atom stereocenters. The third-order valence-electron chi connectivity index (χ3n) is 3.25. The number of fused-ring (bicyclic) bond motifs is 1. The second kappa shape index (κ2) is 7.23. The zero-order valence-electron chi connectivity index (χ0n) is 16.3. The van der Waals surface area contributed by atoms with Gasteiger partial charge in [-0.05, 0) is 59.7 Å². The van der Waals surface area contributed by atoms with Gasteiger partial charge in [-0.25, -0.2) is 14.6 Å². The minimum Gasteiger partial charge on any atom is -0.443 e. The number of carbonyl (C=O) groups is 2. The SMILES string of the molecule is CC(C)(C)OC(=O)N(C(=O)OC(C)(C)C)c1nccc2c(Cl)c(N)ccc12. The molecule has 0 aliphatic heterocycles. The van der Waals surface area contributed by atoms with Crippen LogP contribution >= 0.6 is 11.6 Å². The van der Waals surface area contributed by atoms with Crippen molar-refractivity contribution in [2.24, 2.45) is 0 Å². The van der Waals surface area contributed by atoms with Gasteiger partial charge in [0.05, 0.1) is 10.7 Å². The van der Waals surface area contributed by atoms with E-state index in [1.165, 1.54) is 6.20 Å². The van der Waals surface area contributed by atoms with Gasteiger partial charge in [0, 0.05) is 17.0 Å². The summed E-state index contributed by atoms with van der Waals surface area (Å²) in [6.45, 7) is 10.2. The number of nitrogen functional groups attached to an aromatic ring is 1. The molecule has 0 spiro atoms. The molecule has 1 aromatic heterocycles. The topological polar surface area (TPSA) is 94.8 Å². The van der Waals surface area contributed by atoms with Gasteiger partial charge in [-0.2, -0.15) is 4.90 Å². The molecule has 2 amide bonds. The summed E-state index contributed by atoms with van der Waals surface area (Å²) >= 11 is 6.27. The smallest absolute Gasteiger partial charge is 0.425 e. The fourth-order valence-electron chi connectivity index (χ4n) is 2.26. The number of amides is 2. The molecule has 0 saturated carbocycles. The molecule has 27 heavy (non-hydrogen) atoms. The summed E-state index contributed by atoms with van der Waals surface area (Å²) in [5.41, 5.74) is 4.60. The molecule has 0 atom stereocenters. The number of nitrogens with zero attached hydrogens (tertiary/aromatic N) is 2. The van der Waals surface area contributed by atoms with Gasteiger partial charge in [0.25, 0.3) is 0 Å². The monoisotopic (exact) mass is 393 g/mol. The maximum absolute atomic E-state index is 12.8. The molecule has 0 radical (unpaired) electrons. The summed E-state index contributed by atoms with van der Waals surface area (Å²) in [5, 5.41) is 1.33. The van der Waals surface area contributed by atoms with Gasteiger partial charge in [-0.1, -0.05) is 11.6 Å². The highest BCUT2D eigenvalue weighted by atomic mass is 35.5. The van der Waals surface area contributed by atoms with Crippen LogP contribution < -0.4 is 10.6 Å². The summed E-state index contributed by atoms with van der Waals surface area (Å²) in [5.74, 6) is 0.0536. The first-order chi connectivity index (χ1) is 12.3. The van der Waals surface area contributed by atoms with Crippen molar-refractivity contribution >= 4 is 46.1 Å². The van der Waals surface area contributed by atoms with Crippen molar-refractivity contribution in [1.82, 2.24) is 4.98 Å². The molecule has 7 nitrogen and oxygen atoms in total. The molecular weight excluding hydrogens is 370 g/mol. The van der Waals surface area contributed by atoms with Crippen molar-refractivity contribution in [1.29, 1.82) is 0 Å². The molecule has 0 aliphatic carbocycles. The second-order valence-electron chi connectivity index (χ2n) is 7.99. The van der Waals surface area contributed by atoms with E-state index >= 15 is 0 Å². The third-order valence-corrected chi connectivity index (χ3v) is 3.67. The molecule has 1 aromatic carbocycles. The summed E-state index contributed by atoms with van der Waals surface area (Å²) in [6.07, 6.45) is -0.362. The first kappa shape index (κ1) is 20.8. The van der Waals surface area contributed by atoms with E-state index in [1.807, 2.05) is 0 Å². The van der Waals surface area contributed by atoms with Crippen LogP contribution in [0.2, 0.25) is 5.02 Å². The standard InChI is InChI=1S/C19H24ClN3O4/c1-18(2,3)26-16(24)23(17(25)27-19(4,5)6)15-12-7-8-13(21)14(20)11(12)9-10-22-15/h7-10H,21H2,1-6H3. The number of pyridine rings is 1. The Balaban J connectivity index is 2.63. The molecule has 0 saturated heterocycles. The van der Waals surface area contributed by atoms with Crippen molar-refractivity contribution in [3.63, 3.8) is 0 Å². The van der Waals surface area contributed by atoms with Crippen LogP contribution in [0.5, 0.6) is 0 Å². The summed E-state index contributed by atoms with van der Waals surface area (Å²) in [4.78, 5) is 30.5. The molecule has 2 N–H and O–H groups in total. The van der Waals surface area contributed by atoms with Gasteiger partial charge in [-0.15, -0.1) is 0 Å². The number of imide groups is 1. The molecule has 0 aliphatic rings. The summed E-state index contributed by atoms with van der Waals surface area (Å²) in [7, 11) is 0. The van der Waals surface area contributed by atoms with Gasteiger partial charge >= 0.3 is 12.2 Å². The zero-order valence-corrected chi connectivity index (χ0v) is 17.0. The molecule has 146 valence electrons. The number of hydrogen-bond acceptors (Lipinski definition) is 6. The summed E-state index contributed by atoms with van der Waals surface area (Å²) in [6, 6.07) is 4.87. The fraction of sp³-hybridized carbons (Fsp3) is 0.421. The van der Waals surface area contributed by atoms with E-state index in [0.29, 0.717) is 21.5 Å². The molecule has 2 rings (SSSR count). The van der Waals surface area contributed by atoms with E-state index in [9.17, 15) is 9.59 Å². The van der Waals surface area contributed by atoms with Crippen LogP contribution in [-0.4, -0.2) is 28.4 Å². The maximum atomic E-state index is 12.8. The van der Waals surface area contributed by atoms with Crippen LogP contribution in [0.4, 0.5) is 21.1 Å². The lowest BCUT2D eigenvalue weighted by molar-refractivity contribution is 0.0429. The van der Waals surface area contributed by atoms with Gasteiger partial charge in [-0.3, -0.25) is 0 Å². The Morgan fingerprint density at radius 3 is 1.96 bits per heavy atom. The molecular formula is C19H24ClN3O4. The number of halogens is 1. The Bertz CT molecular complexity index is 857. The van der Waals surface area contributed by atoms with Crippen molar-refractivity contribution in [2.45, 2.75) is 52.7 Å².